The molecule has 11 rings (SSSR count). The largest absolute Gasteiger partial charge is 0.456 e. The van der Waals surface area contributed by atoms with E-state index in [0.29, 0.717) is 0 Å². The molecule has 0 aliphatic rings. The average Bonchev–Trinajstić information content (AvgIpc) is 3.72. The van der Waals surface area contributed by atoms with Crippen molar-refractivity contribution in [1.82, 2.24) is 4.57 Å². The van der Waals surface area contributed by atoms with Gasteiger partial charge in [0.15, 0.2) is 0 Å². The average molecular weight is 651 g/mol. The highest BCUT2D eigenvalue weighted by atomic mass is 16.3. The Morgan fingerprint density at radius 3 is 1.88 bits per heavy atom. The van der Waals surface area contributed by atoms with Gasteiger partial charge >= 0.3 is 0 Å². The van der Waals surface area contributed by atoms with Crippen LogP contribution in [0.5, 0.6) is 0 Å². The van der Waals surface area contributed by atoms with Crippen molar-refractivity contribution in [2.45, 2.75) is 0 Å². The van der Waals surface area contributed by atoms with E-state index >= 15 is 0 Å². The van der Waals surface area contributed by atoms with E-state index in [1.165, 1.54) is 43.2 Å². The number of furan rings is 1. The maximum Gasteiger partial charge on any atom is 0.138 e. The SMILES string of the molecule is c1ccc(N(c2c3ccccc3cc3oc4ccccc4c23)c2cccc3c2c2cc4ccccc4cc2n3-c2ccc3ccccc3c2)cc1. The monoisotopic (exact) mass is 650 g/mol. The molecule has 51 heavy (non-hydrogen) atoms. The molecule has 238 valence electrons. The van der Waals surface area contributed by atoms with Gasteiger partial charge in [-0.05, 0) is 87.6 Å². The van der Waals surface area contributed by atoms with Gasteiger partial charge in [0.2, 0.25) is 0 Å². The van der Waals surface area contributed by atoms with E-state index in [9.17, 15) is 0 Å². The third-order valence-corrected chi connectivity index (χ3v) is 10.5. The number of nitrogens with zero attached hydrogens (tertiary/aromatic N) is 2. The van der Waals surface area contributed by atoms with Crippen LogP contribution in [-0.2, 0) is 0 Å². The zero-order chi connectivity index (χ0) is 33.5. The molecule has 0 saturated carbocycles. The Balaban J connectivity index is 1.32. The first kappa shape index (κ1) is 28.0. The van der Waals surface area contributed by atoms with Gasteiger partial charge in [-0.2, -0.15) is 0 Å². The summed E-state index contributed by atoms with van der Waals surface area (Å²) in [5.74, 6) is 0. The van der Waals surface area contributed by atoms with Crippen molar-refractivity contribution in [3.05, 3.63) is 182 Å². The summed E-state index contributed by atoms with van der Waals surface area (Å²) in [5.41, 5.74) is 8.54. The summed E-state index contributed by atoms with van der Waals surface area (Å²) in [6.07, 6.45) is 0. The molecule has 2 heterocycles. The summed E-state index contributed by atoms with van der Waals surface area (Å²) >= 11 is 0. The number of aromatic nitrogens is 1. The predicted molar refractivity (Wildman–Crippen MR) is 215 cm³/mol. The molecule has 0 radical (unpaired) electrons. The number of hydrogen-bond donors (Lipinski definition) is 0. The third-order valence-electron chi connectivity index (χ3n) is 10.5. The summed E-state index contributed by atoms with van der Waals surface area (Å²) in [6.45, 7) is 0. The summed E-state index contributed by atoms with van der Waals surface area (Å²) in [5, 5.41) is 11.8. The van der Waals surface area contributed by atoms with Gasteiger partial charge in [-0.3, -0.25) is 0 Å². The van der Waals surface area contributed by atoms with Gasteiger partial charge in [-0.15, -0.1) is 0 Å². The first-order valence-electron chi connectivity index (χ1n) is 17.4. The number of benzene rings is 9. The molecule has 11 aromatic rings. The summed E-state index contributed by atoms with van der Waals surface area (Å²) in [7, 11) is 0. The van der Waals surface area contributed by atoms with Crippen molar-refractivity contribution < 1.29 is 4.42 Å². The van der Waals surface area contributed by atoms with Crippen LogP contribution in [0, 0.1) is 0 Å². The molecule has 0 N–H and O–H groups in total. The van der Waals surface area contributed by atoms with Crippen LogP contribution in [0.4, 0.5) is 17.1 Å². The number of anilines is 3. The molecule has 9 aromatic carbocycles. The van der Waals surface area contributed by atoms with Crippen LogP contribution in [0.3, 0.4) is 0 Å². The van der Waals surface area contributed by atoms with Crippen molar-refractivity contribution >= 4 is 93.1 Å². The number of fused-ring (bicyclic) bond motifs is 9. The Morgan fingerprint density at radius 2 is 1.06 bits per heavy atom. The molecule has 0 atom stereocenters. The second-order valence-corrected chi connectivity index (χ2v) is 13.3. The van der Waals surface area contributed by atoms with Crippen molar-refractivity contribution in [3.63, 3.8) is 0 Å². The first-order valence-corrected chi connectivity index (χ1v) is 17.4. The van der Waals surface area contributed by atoms with Gasteiger partial charge in [0.05, 0.1) is 27.8 Å². The van der Waals surface area contributed by atoms with E-state index in [-0.39, 0.29) is 0 Å². The van der Waals surface area contributed by atoms with Crippen molar-refractivity contribution in [2.24, 2.45) is 0 Å². The standard InChI is InChI=1S/C48H30N2O/c1-2-18-36(19-3-1)50(48-38-20-9-8-17-35(38)30-45-47(48)39-21-10-11-24-44(39)51-45)42-23-12-22-41-46(42)40-28-33-15-6-7-16-34(33)29-43(40)49(41)37-26-25-31-13-4-5-14-32(31)27-37/h1-30H. The Morgan fingerprint density at radius 1 is 0.392 bits per heavy atom. The van der Waals surface area contributed by atoms with Gasteiger partial charge in [-0.1, -0.05) is 121 Å². The lowest BCUT2D eigenvalue weighted by Crippen LogP contribution is -2.11. The molecule has 0 unspecified atom stereocenters. The molecule has 0 spiro atoms. The topological polar surface area (TPSA) is 21.3 Å². The molecular weight excluding hydrogens is 621 g/mol. The maximum absolute atomic E-state index is 6.60. The smallest absolute Gasteiger partial charge is 0.138 e. The molecule has 0 aliphatic heterocycles. The second-order valence-electron chi connectivity index (χ2n) is 13.3. The molecule has 3 nitrogen and oxygen atoms in total. The molecule has 0 saturated heterocycles. The minimum Gasteiger partial charge on any atom is -0.456 e. The highest BCUT2D eigenvalue weighted by molar-refractivity contribution is 6.25. The van der Waals surface area contributed by atoms with Gasteiger partial charge in [0.1, 0.15) is 11.2 Å². The van der Waals surface area contributed by atoms with Crippen molar-refractivity contribution in [2.75, 3.05) is 4.90 Å². The molecule has 3 heteroatoms. The molecule has 0 amide bonds. The van der Waals surface area contributed by atoms with E-state index in [2.05, 4.69) is 185 Å². The van der Waals surface area contributed by atoms with E-state index in [0.717, 1.165) is 55.6 Å². The van der Waals surface area contributed by atoms with Crippen LogP contribution in [0.1, 0.15) is 0 Å². The quantitative estimate of drug-likeness (QED) is 0.189. The number of para-hydroxylation sites is 2. The minimum atomic E-state index is 0.877. The summed E-state index contributed by atoms with van der Waals surface area (Å²) < 4.78 is 9.04. The van der Waals surface area contributed by atoms with Crippen LogP contribution in [0.2, 0.25) is 0 Å². The number of hydrogen-bond acceptors (Lipinski definition) is 2. The summed E-state index contributed by atoms with van der Waals surface area (Å²) in [4.78, 5) is 2.47. The molecular formula is C48H30N2O. The first-order chi connectivity index (χ1) is 25.3. The highest BCUT2D eigenvalue weighted by Gasteiger charge is 2.26. The van der Waals surface area contributed by atoms with Crippen LogP contribution in [0.15, 0.2) is 186 Å². The van der Waals surface area contributed by atoms with E-state index in [1.54, 1.807) is 0 Å². The molecule has 0 aliphatic carbocycles. The fourth-order valence-corrected chi connectivity index (χ4v) is 8.24. The molecule has 0 fully saturated rings. The van der Waals surface area contributed by atoms with Crippen LogP contribution in [0.25, 0.3) is 81.7 Å². The van der Waals surface area contributed by atoms with Gasteiger partial charge < -0.3 is 13.9 Å². The zero-order valence-electron chi connectivity index (χ0n) is 27.6. The normalized spacial score (nSPS) is 11.9. The maximum atomic E-state index is 6.60. The van der Waals surface area contributed by atoms with Crippen LogP contribution >= 0.6 is 0 Å². The van der Waals surface area contributed by atoms with E-state index in [4.69, 9.17) is 4.42 Å². The molecule has 2 aromatic heterocycles. The Kier molecular flexibility index (Phi) is 5.96. The lowest BCUT2D eigenvalue weighted by atomic mass is 9.99. The van der Waals surface area contributed by atoms with Crippen molar-refractivity contribution in [3.8, 4) is 5.69 Å². The number of rotatable bonds is 4. The van der Waals surface area contributed by atoms with Crippen LogP contribution in [-0.4, -0.2) is 4.57 Å². The van der Waals surface area contributed by atoms with Gasteiger partial charge in [-0.25, -0.2) is 0 Å². The van der Waals surface area contributed by atoms with Crippen LogP contribution < -0.4 is 4.90 Å². The fraction of sp³-hybridized carbons (Fsp3) is 0. The van der Waals surface area contributed by atoms with Gasteiger partial charge in [0.25, 0.3) is 0 Å². The third kappa shape index (κ3) is 4.19. The zero-order valence-corrected chi connectivity index (χ0v) is 27.6. The minimum absolute atomic E-state index is 0.877. The Hall–Kier alpha value is -6.84. The van der Waals surface area contributed by atoms with E-state index in [1.807, 2.05) is 6.07 Å². The fourth-order valence-electron chi connectivity index (χ4n) is 8.24. The molecule has 0 bridgehead atoms. The second kappa shape index (κ2) is 10.8. The highest BCUT2D eigenvalue weighted by Crippen LogP contribution is 2.50. The Labute approximate surface area is 293 Å². The van der Waals surface area contributed by atoms with E-state index < -0.39 is 0 Å². The van der Waals surface area contributed by atoms with Crippen molar-refractivity contribution in [1.29, 1.82) is 0 Å². The lowest BCUT2D eigenvalue weighted by molar-refractivity contribution is 0.669. The predicted octanol–water partition coefficient (Wildman–Crippen LogP) is 13.6. The van der Waals surface area contributed by atoms with Gasteiger partial charge in [0, 0.05) is 32.9 Å². The Bertz CT molecular complexity index is 3150. The lowest BCUT2D eigenvalue weighted by Gasteiger charge is -2.28. The summed E-state index contributed by atoms with van der Waals surface area (Å²) in [6, 6.07) is 65.6.